The van der Waals surface area contributed by atoms with Gasteiger partial charge in [0, 0.05) is 24.9 Å². The molecule has 0 aliphatic heterocycles. The second-order valence-electron chi connectivity index (χ2n) is 7.56. The molecule has 0 unspecified atom stereocenters. The Morgan fingerprint density at radius 1 is 1.26 bits per heavy atom. The Bertz CT molecular complexity index is 740. The lowest BCUT2D eigenvalue weighted by atomic mass is 9.71. The van der Waals surface area contributed by atoms with Gasteiger partial charge in [-0.05, 0) is 36.8 Å². The average Bonchev–Trinajstić information content (AvgIpc) is 3.07. The SMILES string of the molecule is CC(C)c1cc(NC(=O)CC2(CN)CCCCC2)n(-c2ncccn2)n1.Cl. The molecule has 1 amide bonds. The molecule has 0 bridgehead atoms. The normalized spacial score (nSPS) is 16.0. The second kappa shape index (κ2) is 9.28. The summed E-state index contributed by atoms with van der Waals surface area (Å²) in [6.07, 6.45) is 9.35. The molecule has 148 valence electrons. The summed E-state index contributed by atoms with van der Waals surface area (Å²) < 4.78 is 1.60. The molecule has 0 spiro atoms. The molecule has 0 radical (unpaired) electrons. The predicted octanol–water partition coefficient (Wildman–Crippen LogP) is 3.45. The van der Waals surface area contributed by atoms with Crippen LogP contribution >= 0.6 is 12.4 Å². The molecule has 2 heterocycles. The number of carbonyl (C=O) groups excluding carboxylic acids is 1. The van der Waals surface area contributed by atoms with Crippen LogP contribution in [-0.2, 0) is 4.79 Å². The summed E-state index contributed by atoms with van der Waals surface area (Å²) in [5.41, 5.74) is 6.84. The third-order valence-electron chi connectivity index (χ3n) is 5.21. The maximum atomic E-state index is 12.8. The summed E-state index contributed by atoms with van der Waals surface area (Å²) >= 11 is 0. The lowest BCUT2D eigenvalue weighted by Crippen LogP contribution is -2.36. The Hall–Kier alpha value is -1.99. The maximum Gasteiger partial charge on any atom is 0.252 e. The molecule has 1 fully saturated rings. The average molecular weight is 393 g/mol. The molecule has 2 aromatic rings. The molecule has 8 heteroatoms. The van der Waals surface area contributed by atoms with Gasteiger partial charge in [0.25, 0.3) is 5.95 Å². The lowest BCUT2D eigenvalue weighted by molar-refractivity contribution is -0.118. The highest BCUT2D eigenvalue weighted by Gasteiger charge is 2.33. The number of anilines is 1. The van der Waals surface area contributed by atoms with Crippen molar-refractivity contribution < 1.29 is 4.79 Å². The Balaban J connectivity index is 0.00000261. The number of aromatic nitrogens is 4. The van der Waals surface area contributed by atoms with Gasteiger partial charge in [0.05, 0.1) is 5.69 Å². The molecule has 1 aliphatic rings. The van der Waals surface area contributed by atoms with E-state index in [2.05, 4.69) is 34.2 Å². The van der Waals surface area contributed by atoms with E-state index in [1.165, 1.54) is 6.42 Å². The number of carbonyl (C=O) groups is 1. The molecule has 1 aliphatic carbocycles. The summed E-state index contributed by atoms with van der Waals surface area (Å²) in [6.45, 7) is 4.68. The van der Waals surface area contributed by atoms with Crippen LogP contribution in [0.25, 0.3) is 5.95 Å². The molecule has 0 atom stereocenters. The molecule has 27 heavy (non-hydrogen) atoms. The summed E-state index contributed by atoms with van der Waals surface area (Å²) in [4.78, 5) is 21.3. The van der Waals surface area contributed by atoms with Crippen LogP contribution in [0.3, 0.4) is 0 Å². The van der Waals surface area contributed by atoms with Crippen molar-refractivity contribution in [3.8, 4) is 5.95 Å². The van der Waals surface area contributed by atoms with E-state index in [0.717, 1.165) is 31.4 Å². The summed E-state index contributed by atoms with van der Waals surface area (Å²) in [7, 11) is 0. The third kappa shape index (κ3) is 5.05. The van der Waals surface area contributed by atoms with Gasteiger partial charge in [-0.25, -0.2) is 9.97 Å². The third-order valence-corrected chi connectivity index (χ3v) is 5.21. The van der Waals surface area contributed by atoms with Crippen molar-refractivity contribution in [2.45, 2.75) is 58.3 Å². The fourth-order valence-electron chi connectivity index (χ4n) is 3.61. The first-order valence-electron chi connectivity index (χ1n) is 9.40. The monoisotopic (exact) mass is 392 g/mol. The molecule has 1 saturated carbocycles. The number of nitrogens with one attached hydrogen (secondary N) is 1. The van der Waals surface area contributed by atoms with Gasteiger partial charge in [-0.15, -0.1) is 12.4 Å². The summed E-state index contributed by atoms with van der Waals surface area (Å²) in [5, 5.41) is 7.59. The molecule has 0 saturated heterocycles. The van der Waals surface area contributed by atoms with Crippen LogP contribution in [-0.4, -0.2) is 32.2 Å². The van der Waals surface area contributed by atoms with E-state index in [9.17, 15) is 4.79 Å². The van der Waals surface area contributed by atoms with Crippen molar-refractivity contribution in [3.63, 3.8) is 0 Å². The van der Waals surface area contributed by atoms with E-state index in [1.807, 2.05) is 6.07 Å². The van der Waals surface area contributed by atoms with Crippen molar-refractivity contribution in [2.75, 3.05) is 11.9 Å². The Labute approximate surface area is 166 Å². The quantitative estimate of drug-likeness (QED) is 0.784. The summed E-state index contributed by atoms with van der Waals surface area (Å²) in [6, 6.07) is 3.65. The topological polar surface area (TPSA) is 98.7 Å². The predicted molar refractivity (Wildman–Crippen MR) is 108 cm³/mol. The maximum absolute atomic E-state index is 12.8. The van der Waals surface area contributed by atoms with Gasteiger partial charge < -0.3 is 11.1 Å². The zero-order chi connectivity index (χ0) is 18.6. The number of hydrogen-bond acceptors (Lipinski definition) is 5. The van der Waals surface area contributed by atoms with Crippen molar-refractivity contribution >= 4 is 24.1 Å². The van der Waals surface area contributed by atoms with Gasteiger partial charge >= 0.3 is 0 Å². The minimum Gasteiger partial charge on any atom is -0.330 e. The van der Waals surface area contributed by atoms with E-state index in [0.29, 0.717) is 24.7 Å². The van der Waals surface area contributed by atoms with Crippen LogP contribution in [0.15, 0.2) is 24.5 Å². The van der Waals surface area contributed by atoms with Gasteiger partial charge in [0.1, 0.15) is 5.82 Å². The highest BCUT2D eigenvalue weighted by molar-refractivity contribution is 5.90. The molecule has 2 aromatic heterocycles. The van der Waals surface area contributed by atoms with Gasteiger partial charge in [0.2, 0.25) is 5.91 Å². The van der Waals surface area contributed by atoms with Crippen LogP contribution in [0, 0.1) is 5.41 Å². The second-order valence-corrected chi connectivity index (χ2v) is 7.56. The number of amides is 1. The minimum atomic E-state index is -0.0721. The number of nitrogens with zero attached hydrogens (tertiary/aromatic N) is 4. The van der Waals surface area contributed by atoms with Crippen LogP contribution in [0.1, 0.15) is 64.0 Å². The number of nitrogens with two attached hydrogens (primary N) is 1. The van der Waals surface area contributed by atoms with Crippen LogP contribution in [0.5, 0.6) is 0 Å². The zero-order valence-electron chi connectivity index (χ0n) is 16.0. The number of halogens is 1. The molecular formula is C19H29ClN6O. The van der Waals surface area contributed by atoms with Crippen molar-refractivity contribution in [2.24, 2.45) is 11.1 Å². The summed E-state index contributed by atoms with van der Waals surface area (Å²) in [5.74, 6) is 1.27. The number of hydrogen-bond donors (Lipinski definition) is 2. The largest absolute Gasteiger partial charge is 0.330 e. The van der Waals surface area contributed by atoms with E-state index in [-0.39, 0.29) is 29.6 Å². The fourth-order valence-corrected chi connectivity index (χ4v) is 3.61. The standard InChI is InChI=1S/C19H28N6O.ClH/c1-14(2)15-11-16(25(24-15)18-21-9-6-10-22-18)23-17(26)12-19(13-20)7-4-3-5-8-19;/h6,9-11,14H,3-5,7-8,12-13,20H2,1-2H3,(H,23,26);1H. The highest BCUT2D eigenvalue weighted by atomic mass is 35.5. The highest BCUT2D eigenvalue weighted by Crippen LogP contribution is 2.38. The Morgan fingerprint density at radius 2 is 1.93 bits per heavy atom. The molecule has 3 rings (SSSR count). The molecule has 7 nitrogen and oxygen atoms in total. The first-order chi connectivity index (χ1) is 12.5. The zero-order valence-corrected chi connectivity index (χ0v) is 16.8. The van der Waals surface area contributed by atoms with E-state index >= 15 is 0 Å². The molecule has 3 N–H and O–H groups in total. The van der Waals surface area contributed by atoms with Crippen LogP contribution < -0.4 is 11.1 Å². The number of rotatable bonds is 6. The molecular weight excluding hydrogens is 364 g/mol. The molecule has 0 aromatic carbocycles. The van der Waals surface area contributed by atoms with Crippen molar-refractivity contribution in [3.05, 3.63) is 30.2 Å². The van der Waals surface area contributed by atoms with E-state index < -0.39 is 0 Å². The van der Waals surface area contributed by atoms with Crippen LogP contribution in [0.2, 0.25) is 0 Å². The Kier molecular flexibility index (Phi) is 7.33. The first-order valence-corrected chi connectivity index (χ1v) is 9.40. The minimum absolute atomic E-state index is 0. The first kappa shape index (κ1) is 21.3. The van der Waals surface area contributed by atoms with Gasteiger partial charge in [0.15, 0.2) is 0 Å². The van der Waals surface area contributed by atoms with E-state index in [4.69, 9.17) is 5.73 Å². The smallest absolute Gasteiger partial charge is 0.252 e. The lowest BCUT2D eigenvalue weighted by Gasteiger charge is -2.35. The van der Waals surface area contributed by atoms with Gasteiger partial charge in [-0.1, -0.05) is 33.1 Å². The van der Waals surface area contributed by atoms with Gasteiger partial charge in [-0.3, -0.25) is 4.79 Å². The van der Waals surface area contributed by atoms with Gasteiger partial charge in [-0.2, -0.15) is 9.78 Å². The van der Waals surface area contributed by atoms with Crippen molar-refractivity contribution in [1.29, 1.82) is 0 Å². The Morgan fingerprint density at radius 3 is 2.52 bits per heavy atom. The van der Waals surface area contributed by atoms with E-state index in [1.54, 1.807) is 23.1 Å². The van der Waals surface area contributed by atoms with Crippen LogP contribution in [0.4, 0.5) is 5.82 Å². The fraction of sp³-hybridized carbons (Fsp3) is 0.579. The van der Waals surface area contributed by atoms with Crippen molar-refractivity contribution in [1.82, 2.24) is 19.7 Å².